The van der Waals surface area contributed by atoms with E-state index < -0.39 is 0 Å². The van der Waals surface area contributed by atoms with Crippen molar-refractivity contribution in [1.29, 1.82) is 0 Å². The number of anilines is 1. The van der Waals surface area contributed by atoms with E-state index in [1.165, 1.54) is 0 Å². The van der Waals surface area contributed by atoms with Crippen molar-refractivity contribution in [1.82, 2.24) is 0 Å². The standard InChI is InChI=1S/C23H22ClNO3/c1-3-27-21-13-10-17(23(26)25-19-11-8-16(2)9-12-19)14-18(21)15-28-22-7-5-4-6-20(22)24/h4-14H,3,15H2,1-2H3,(H,25,26). The van der Waals surface area contributed by atoms with Crippen LogP contribution in [-0.4, -0.2) is 12.5 Å². The van der Waals surface area contributed by atoms with Crippen LogP contribution in [0.5, 0.6) is 11.5 Å². The molecule has 0 bridgehead atoms. The maximum Gasteiger partial charge on any atom is 0.255 e. The summed E-state index contributed by atoms with van der Waals surface area (Å²) in [6, 6.07) is 20.3. The van der Waals surface area contributed by atoms with Crippen LogP contribution in [0.2, 0.25) is 5.02 Å². The lowest BCUT2D eigenvalue weighted by Gasteiger charge is -2.14. The van der Waals surface area contributed by atoms with Crippen molar-refractivity contribution in [3.63, 3.8) is 0 Å². The number of halogens is 1. The Morgan fingerprint density at radius 2 is 1.71 bits per heavy atom. The Kier molecular flexibility index (Phi) is 6.56. The number of nitrogens with one attached hydrogen (secondary N) is 1. The van der Waals surface area contributed by atoms with Crippen molar-refractivity contribution in [2.45, 2.75) is 20.5 Å². The maximum atomic E-state index is 12.6. The third-order valence-electron chi connectivity index (χ3n) is 4.15. The maximum absolute atomic E-state index is 12.6. The fourth-order valence-electron chi connectivity index (χ4n) is 2.69. The molecule has 144 valence electrons. The summed E-state index contributed by atoms with van der Waals surface area (Å²) in [7, 11) is 0. The summed E-state index contributed by atoms with van der Waals surface area (Å²) in [5.74, 6) is 1.08. The summed E-state index contributed by atoms with van der Waals surface area (Å²) < 4.78 is 11.5. The second-order valence-corrected chi connectivity index (χ2v) is 6.70. The number of ether oxygens (including phenoxy) is 2. The number of hydrogen-bond acceptors (Lipinski definition) is 3. The van der Waals surface area contributed by atoms with Gasteiger partial charge >= 0.3 is 0 Å². The molecule has 5 heteroatoms. The summed E-state index contributed by atoms with van der Waals surface area (Å²) in [5.41, 5.74) is 3.19. The van der Waals surface area contributed by atoms with Gasteiger partial charge in [-0.25, -0.2) is 0 Å². The van der Waals surface area contributed by atoms with Crippen molar-refractivity contribution >= 4 is 23.2 Å². The Morgan fingerprint density at radius 3 is 2.43 bits per heavy atom. The van der Waals surface area contributed by atoms with Gasteiger partial charge in [0.25, 0.3) is 5.91 Å². The zero-order chi connectivity index (χ0) is 19.9. The fraction of sp³-hybridized carbons (Fsp3) is 0.174. The lowest BCUT2D eigenvalue weighted by atomic mass is 10.1. The Hall–Kier alpha value is -2.98. The Morgan fingerprint density at radius 1 is 0.964 bits per heavy atom. The molecule has 3 aromatic carbocycles. The molecule has 0 spiro atoms. The number of carbonyl (C=O) groups excluding carboxylic acids is 1. The average Bonchev–Trinajstić information content (AvgIpc) is 2.70. The zero-order valence-corrected chi connectivity index (χ0v) is 16.6. The van der Waals surface area contributed by atoms with Crippen LogP contribution in [0.3, 0.4) is 0 Å². The second-order valence-electron chi connectivity index (χ2n) is 6.29. The highest BCUT2D eigenvalue weighted by atomic mass is 35.5. The van der Waals surface area contributed by atoms with E-state index in [0.717, 1.165) is 16.8 Å². The molecule has 28 heavy (non-hydrogen) atoms. The summed E-state index contributed by atoms with van der Waals surface area (Å²) in [6.45, 7) is 4.68. The van der Waals surface area contributed by atoms with Crippen molar-refractivity contribution in [3.05, 3.63) is 88.4 Å². The van der Waals surface area contributed by atoms with E-state index in [2.05, 4.69) is 5.32 Å². The molecule has 0 aliphatic carbocycles. The molecule has 1 amide bonds. The van der Waals surface area contributed by atoms with Gasteiger partial charge in [0.05, 0.1) is 11.6 Å². The molecule has 0 radical (unpaired) electrons. The van der Waals surface area contributed by atoms with E-state index in [0.29, 0.717) is 28.7 Å². The highest BCUT2D eigenvalue weighted by Gasteiger charge is 2.12. The van der Waals surface area contributed by atoms with Gasteiger partial charge in [-0.2, -0.15) is 0 Å². The molecule has 0 unspecified atom stereocenters. The first-order chi connectivity index (χ1) is 13.6. The molecule has 0 aromatic heterocycles. The minimum Gasteiger partial charge on any atom is -0.493 e. The van der Waals surface area contributed by atoms with E-state index >= 15 is 0 Å². The minimum atomic E-state index is -0.189. The van der Waals surface area contributed by atoms with Crippen LogP contribution in [0.15, 0.2) is 66.7 Å². The molecule has 0 saturated heterocycles. The van der Waals surface area contributed by atoms with Gasteiger partial charge in [0.1, 0.15) is 18.1 Å². The highest BCUT2D eigenvalue weighted by molar-refractivity contribution is 6.32. The normalized spacial score (nSPS) is 10.4. The summed E-state index contributed by atoms with van der Waals surface area (Å²) in [4.78, 5) is 12.6. The van der Waals surface area contributed by atoms with Crippen LogP contribution in [0.25, 0.3) is 0 Å². The highest BCUT2D eigenvalue weighted by Crippen LogP contribution is 2.27. The van der Waals surface area contributed by atoms with Crippen LogP contribution in [0, 0.1) is 6.92 Å². The number of hydrogen-bond donors (Lipinski definition) is 1. The van der Waals surface area contributed by atoms with Gasteiger partial charge in [0, 0.05) is 16.8 Å². The predicted molar refractivity (Wildman–Crippen MR) is 113 cm³/mol. The largest absolute Gasteiger partial charge is 0.493 e. The lowest BCUT2D eigenvalue weighted by molar-refractivity contribution is 0.102. The topological polar surface area (TPSA) is 47.6 Å². The predicted octanol–water partition coefficient (Wildman–Crippen LogP) is 5.88. The van der Waals surface area contributed by atoms with Crippen molar-refractivity contribution in [2.24, 2.45) is 0 Å². The molecule has 0 aliphatic heterocycles. The number of carbonyl (C=O) groups is 1. The van der Waals surface area contributed by atoms with Crippen LogP contribution < -0.4 is 14.8 Å². The Bertz CT molecular complexity index is 954. The summed E-state index contributed by atoms with van der Waals surface area (Å²) in [5, 5.41) is 3.44. The monoisotopic (exact) mass is 395 g/mol. The first-order valence-corrected chi connectivity index (χ1v) is 9.45. The summed E-state index contributed by atoms with van der Waals surface area (Å²) in [6.07, 6.45) is 0. The van der Waals surface area contributed by atoms with E-state index in [1.54, 1.807) is 30.3 Å². The first-order valence-electron chi connectivity index (χ1n) is 9.08. The SMILES string of the molecule is CCOc1ccc(C(=O)Nc2ccc(C)cc2)cc1COc1ccccc1Cl. The summed E-state index contributed by atoms with van der Waals surface area (Å²) >= 11 is 6.15. The van der Waals surface area contributed by atoms with Gasteiger partial charge < -0.3 is 14.8 Å². The lowest BCUT2D eigenvalue weighted by Crippen LogP contribution is -2.13. The smallest absolute Gasteiger partial charge is 0.255 e. The molecule has 1 N–H and O–H groups in total. The van der Waals surface area contributed by atoms with Gasteiger partial charge in [0.15, 0.2) is 0 Å². The van der Waals surface area contributed by atoms with Gasteiger partial charge in [-0.05, 0) is 56.3 Å². The van der Waals surface area contributed by atoms with Crippen LogP contribution in [-0.2, 0) is 6.61 Å². The number of benzene rings is 3. The first kappa shape index (κ1) is 19.8. The van der Waals surface area contributed by atoms with Crippen LogP contribution in [0.1, 0.15) is 28.4 Å². The Balaban J connectivity index is 1.79. The minimum absolute atomic E-state index is 0.189. The van der Waals surface area contributed by atoms with Gasteiger partial charge in [-0.1, -0.05) is 41.4 Å². The quantitative estimate of drug-likeness (QED) is 0.543. The molecular weight excluding hydrogens is 374 g/mol. The van der Waals surface area contributed by atoms with E-state index in [-0.39, 0.29) is 12.5 Å². The molecule has 0 saturated carbocycles. The molecule has 0 fully saturated rings. The van der Waals surface area contributed by atoms with Gasteiger partial charge in [-0.15, -0.1) is 0 Å². The van der Waals surface area contributed by atoms with Crippen molar-refractivity contribution < 1.29 is 14.3 Å². The van der Waals surface area contributed by atoms with Crippen LogP contribution >= 0.6 is 11.6 Å². The Labute approximate surface area is 170 Å². The van der Waals surface area contributed by atoms with E-state index in [9.17, 15) is 4.79 Å². The van der Waals surface area contributed by atoms with Gasteiger partial charge in [-0.3, -0.25) is 4.79 Å². The molecule has 0 atom stereocenters. The third kappa shape index (κ3) is 5.05. The molecular formula is C23H22ClNO3. The average molecular weight is 396 g/mol. The number of rotatable bonds is 7. The molecule has 0 aliphatic rings. The van der Waals surface area contributed by atoms with Crippen molar-refractivity contribution in [3.8, 4) is 11.5 Å². The number of amides is 1. The zero-order valence-electron chi connectivity index (χ0n) is 15.9. The molecule has 3 rings (SSSR count). The van der Waals surface area contributed by atoms with E-state index in [4.69, 9.17) is 21.1 Å². The molecule has 0 heterocycles. The van der Waals surface area contributed by atoms with E-state index in [1.807, 2.05) is 50.2 Å². The van der Waals surface area contributed by atoms with Crippen LogP contribution in [0.4, 0.5) is 5.69 Å². The van der Waals surface area contributed by atoms with Crippen molar-refractivity contribution in [2.75, 3.05) is 11.9 Å². The third-order valence-corrected chi connectivity index (χ3v) is 4.46. The number of aryl methyl sites for hydroxylation is 1. The van der Waals surface area contributed by atoms with Gasteiger partial charge in [0.2, 0.25) is 0 Å². The molecule has 3 aromatic rings. The second kappa shape index (κ2) is 9.29. The fourth-order valence-corrected chi connectivity index (χ4v) is 2.88. The molecule has 4 nitrogen and oxygen atoms in total. The number of para-hydroxylation sites is 1.